The minimum atomic E-state index is 0.660. The van der Waals surface area contributed by atoms with Gasteiger partial charge in [-0.2, -0.15) is 0 Å². The van der Waals surface area contributed by atoms with Gasteiger partial charge in [-0.3, -0.25) is 0 Å². The average Bonchev–Trinajstić information content (AvgIpc) is 2.34. The monoisotopic (exact) mass is 233 g/mol. The zero-order valence-corrected chi connectivity index (χ0v) is 11.0. The maximum atomic E-state index is 5.93. The second-order valence-electron chi connectivity index (χ2n) is 5.00. The SMILES string of the molecule is Cc1cccc(C)c1OCCC1CCCCN1. The van der Waals surface area contributed by atoms with Gasteiger partial charge in [0.25, 0.3) is 0 Å². The van der Waals surface area contributed by atoms with E-state index in [-0.39, 0.29) is 0 Å². The number of piperidine rings is 1. The largest absolute Gasteiger partial charge is 0.493 e. The van der Waals surface area contributed by atoms with Gasteiger partial charge in [0, 0.05) is 6.04 Å². The number of rotatable bonds is 4. The molecule has 1 saturated heterocycles. The molecule has 17 heavy (non-hydrogen) atoms. The minimum absolute atomic E-state index is 0.660. The molecular formula is C15H23NO. The fraction of sp³-hybridized carbons (Fsp3) is 0.600. The molecule has 1 unspecified atom stereocenters. The van der Waals surface area contributed by atoms with E-state index in [4.69, 9.17) is 4.74 Å². The molecule has 1 aliphatic heterocycles. The molecule has 0 spiro atoms. The molecule has 0 amide bonds. The predicted octanol–water partition coefficient (Wildman–Crippen LogP) is 3.21. The highest BCUT2D eigenvalue weighted by Crippen LogP contribution is 2.22. The number of hydrogen-bond acceptors (Lipinski definition) is 2. The number of para-hydroxylation sites is 1. The van der Waals surface area contributed by atoms with Gasteiger partial charge in [-0.1, -0.05) is 24.6 Å². The Bertz CT molecular complexity index is 336. The molecule has 1 heterocycles. The van der Waals surface area contributed by atoms with Crippen molar-refractivity contribution >= 4 is 0 Å². The first kappa shape index (κ1) is 12.4. The smallest absolute Gasteiger partial charge is 0.125 e. The van der Waals surface area contributed by atoms with E-state index >= 15 is 0 Å². The molecule has 1 atom stereocenters. The fourth-order valence-electron chi connectivity index (χ4n) is 2.50. The summed E-state index contributed by atoms with van der Waals surface area (Å²) in [5, 5.41) is 3.55. The van der Waals surface area contributed by atoms with Crippen LogP contribution in [0.2, 0.25) is 0 Å². The van der Waals surface area contributed by atoms with Crippen molar-refractivity contribution in [2.24, 2.45) is 0 Å². The van der Waals surface area contributed by atoms with Crippen LogP contribution in [0.25, 0.3) is 0 Å². The molecule has 1 fully saturated rings. The van der Waals surface area contributed by atoms with Gasteiger partial charge in [-0.15, -0.1) is 0 Å². The zero-order chi connectivity index (χ0) is 12.1. The molecule has 1 aliphatic rings. The van der Waals surface area contributed by atoms with Crippen LogP contribution >= 0.6 is 0 Å². The first-order valence-electron chi connectivity index (χ1n) is 6.70. The maximum absolute atomic E-state index is 5.93. The van der Waals surface area contributed by atoms with Crippen molar-refractivity contribution < 1.29 is 4.74 Å². The standard InChI is InChI=1S/C15H23NO/c1-12-6-5-7-13(2)15(12)17-11-9-14-8-3-4-10-16-14/h5-7,14,16H,3-4,8-11H2,1-2H3. The number of hydrogen-bond donors (Lipinski definition) is 1. The summed E-state index contributed by atoms with van der Waals surface area (Å²) in [5.41, 5.74) is 2.48. The summed E-state index contributed by atoms with van der Waals surface area (Å²) in [6.07, 6.45) is 5.11. The second-order valence-corrected chi connectivity index (χ2v) is 5.00. The number of ether oxygens (including phenoxy) is 1. The lowest BCUT2D eigenvalue weighted by molar-refractivity contribution is 0.265. The topological polar surface area (TPSA) is 21.3 Å². The number of benzene rings is 1. The molecule has 2 nitrogen and oxygen atoms in total. The van der Waals surface area contributed by atoms with Crippen LogP contribution in [0.3, 0.4) is 0 Å². The van der Waals surface area contributed by atoms with E-state index in [0.29, 0.717) is 6.04 Å². The lowest BCUT2D eigenvalue weighted by Gasteiger charge is -2.23. The molecule has 2 rings (SSSR count). The van der Waals surface area contributed by atoms with Crippen LogP contribution in [-0.4, -0.2) is 19.2 Å². The highest BCUT2D eigenvalue weighted by atomic mass is 16.5. The summed E-state index contributed by atoms with van der Waals surface area (Å²) < 4.78 is 5.93. The van der Waals surface area contributed by atoms with E-state index < -0.39 is 0 Å². The Morgan fingerprint density at radius 2 is 2.00 bits per heavy atom. The van der Waals surface area contributed by atoms with Crippen LogP contribution in [0.1, 0.15) is 36.8 Å². The molecular weight excluding hydrogens is 210 g/mol. The Labute approximate surface area is 104 Å². The third kappa shape index (κ3) is 3.47. The molecule has 1 N–H and O–H groups in total. The Morgan fingerprint density at radius 3 is 2.65 bits per heavy atom. The first-order valence-corrected chi connectivity index (χ1v) is 6.70. The molecule has 1 aromatic carbocycles. The van der Waals surface area contributed by atoms with Crippen molar-refractivity contribution in [2.75, 3.05) is 13.2 Å². The Hall–Kier alpha value is -1.02. The van der Waals surface area contributed by atoms with Crippen LogP contribution in [0.4, 0.5) is 0 Å². The summed E-state index contributed by atoms with van der Waals surface area (Å²) >= 11 is 0. The van der Waals surface area contributed by atoms with Gasteiger partial charge in [0.2, 0.25) is 0 Å². The molecule has 1 aromatic rings. The molecule has 0 aliphatic carbocycles. The van der Waals surface area contributed by atoms with E-state index in [0.717, 1.165) is 18.8 Å². The summed E-state index contributed by atoms with van der Waals surface area (Å²) in [6, 6.07) is 6.97. The van der Waals surface area contributed by atoms with Crippen molar-refractivity contribution in [3.8, 4) is 5.75 Å². The average molecular weight is 233 g/mol. The molecule has 0 bridgehead atoms. The summed E-state index contributed by atoms with van der Waals surface area (Å²) in [5.74, 6) is 1.07. The maximum Gasteiger partial charge on any atom is 0.125 e. The van der Waals surface area contributed by atoms with Gasteiger partial charge in [-0.05, 0) is 50.8 Å². The Kier molecular flexibility index (Phi) is 4.43. The molecule has 0 saturated carbocycles. The molecule has 0 aromatic heterocycles. The zero-order valence-electron chi connectivity index (χ0n) is 11.0. The lowest BCUT2D eigenvalue weighted by atomic mass is 10.0. The van der Waals surface area contributed by atoms with Crippen molar-refractivity contribution in [1.82, 2.24) is 5.32 Å². The fourth-order valence-corrected chi connectivity index (χ4v) is 2.50. The van der Waals surface area contributed by atoms with Crippen LogP contribution in [0.5, 0.6) is 5.75 Å². The van der Waals surface area contributed by atoms with Crippen molar-refractivity contribution in [2.45, 2.75) is 45.6 Å². The summed E-state index contributed by atoms with van der Waals surface area (Å²) in [7, 11) is 0. The van der Waals surface area contributed by atoms with Crippen molar-refractivity contribution in [1.29, 1.82) is 0 Å². The normalized spacial score (nSPS) is 20.2. The van der Waals surface area contributed by atoms with E-state index in [1.807, 2.05) is 0 Å². The van der Waals surface area contributed by atoms with E-state index in [1.54, 1.807) is 0 Å². The lowest BCUT2D eigenvalue weighted by Crippen LogP contribution is -2.35. The highest BCUT2D eigenvalue weighted by molar-refractivity contribution is 5.39. The summed E-state index contributed by atoms with van der Waals surface area (Å²) in [6.45, 7) is 6.22. The quantitative estimate of drug-likeness (QED) is 0.862. The van der Waals surface area contributed by atoms with Gasteiger partial charge in [0.15, 0.2) is 0 Å². The Morgan fingerprint density at radius 1 is 1.24 bits per heavy atom. The highest BCUT2D eigenvalue weighted by Gasteiger charge is 2.12. The Balaban J connectivity index is 1.81. The van der Waals surface area contributed by atoms with Gasteiger partial charge in [0.1, 0.15) is 5.75 Å². The van der Waals surface area contributed by atoms with Crippen molar-refractivity contribution in [3.63, 3.8) is 0 Å². The van der Waals surface area contributed by atoms with Crippen molar-refractivity contribution in [3.05, 3.63) is 29.3 Å². The van der Waals surface area contributed by atoms with Crippen LogP contribution in [0, 0.1) is 13.8 Å². The third-order valence-electron chi connectivity index (χ3n) is 3.53. The molecule has 0 radical (unpaired) electrons. The number of aryl methyl sites for hydroxylation is 2. The van der Waals surface area contributed by atoms with E-state index in [2.05, 4.69) is 37.4 Å². The van der Waals surface area contributed by atoms with Gasteiger partial charge < -0.3 is 10.1 Å². The minimum Gasteiger partial charge on any atom is -0.493 e. The van der Waals surface area contributed by atoms with Crippen LogP contribution < -0.4 is 10.1 Å². The second kappa shape index (κ2) is 6.06. The molecule has 94 valence electrons. The molecule has 2 heteroatoms. The van der Waals surface area contributed by atoms with Gasteiger partial charge >= 0.3 is 0 Å². The van der Waals surface area contributed by atoms with Crippen LogP contribution in [-0.2, 0) is 0 Å². The number of nitrogens with one attached hydrogen (secondary N) is 1. The van der Waals surface area contributed by atoms with E-state index in [9.17, 15) is 0 Å². The van der Waals surface area contributed by atoms with Crippen LogP contribution in [0.15, 0.2) is 18.2 Å². The van der Waals surface area contributed by atoms with E-state index in [1.165, 1.54) is 36.9 Å². The third-order valence-corrected chi connectivity index (χ3v) is 3.53. The van der Waals surface area contributed by atoms with Gasteiger partial charge in [-0.25, -0.2) is 0 Å². The predicted molar refractivity (Wildman–Crippen MR) is 71.7 cm³/mol. The van der Waals surface area contributed by atoms with Gasteiger partial charge in [0.05, 0.1) is 6.61 Å². The first-order chi connectivity index (χ1) is 8.27. The summed E-state index contributed by atoms with van der Waals surface area (Å²) in [4.78, 5) is 0.